The maximum Gasteiger partial charge on any atom is 0.333 e. The van der Waals surface area contributed by atoms with E-state index in [1.807, 2.05) is 6.08 Å². The van der Waals surface area contributed by atoms with E-state index in [0.717, 1.165) is 19.5 Å². The summed E-state index contributed by atoms with van der Waals surface area (Å²) in [6, 6.07) is 0. The summed E-state index contributed by atoms with van der Waals surface area (Å²) < 4.78 is 4.58. The van der Waals surface area contributed by atoms with Crippen LogP contribution in [-0.4, -0.2) is 51.7 Å². The molecule has 0 radical (unpaired) electrons. The van der Waals surface area contributed by atoms with Crippen LogP contribution in [0.5, 0.6) is 0 Å². The number of ether oxygens (including phenoxy) is 1. The zero-order chi connectivity index (χ0) is 11.7. The summed E-state index contributed by atoms with van der Waals surface area (Å²) in [6.45, 7) is 4.51. The molecular weight excluding hydrogens is 192 g/mol. The first-order chi connectivity index (χ1) is 7.07. The minimum Gasteiger partial charge on any atom is -0.466 e. The zero-order valence-electron chi connectivity index (χ0n) is 10.2. The Kier molecular flexibility index (Phi) is 7.95. The molecule has 0 spiro atoms. The number of hydrogen-bond acceptors (Lipinski definition) is 4. The molecule has 0 aromatic heterocycles. The summed E-state index contributed by atoms with van der Waals surface area (Å²) in [5.41, 5.74) is 0.651. The van der Waals surface area contributed by atoms with Crippen LogP contribution >= 0.6 is 0 Å². The molecule has 4 nitrogen and oxygen atoms in total. The molecule has 0 aliphatic heterocycles. The summed E-state index contributed by atoms with van der Waals surface area (Å²) in [5, 5.41) is 3.24. The number of rotatable bonds is 7. The molecule has 0 saturated carbocycles. The van der Waals surface area contributed by atoms with Crippen molar-refractivity contribution in [3.63, 3.8) is 0 Å². The van der Waals surface area contributed by atoms with E-state index in [9.17, 15) is 4.79 Å². The van der Waals surface area contributed by atoms with Gasteiger partial charge in [-0.1, -0.05) is 6.08 Å². The van der Waals surface area contributed by atoms with E-state index in [1.165, 1.54) is 7.11 Å². The largest absolute Gasteiger partial charge is 0.466 e. The summed E-state index contributed by atoms with van der Waals surface area (Å²) in [7, 11) is 5.51. The van der Waals surface area contributed by atoms with E-state index in [-0.39, 0.29) is 5.97 Å². The molecule has 0 fully saturated rings. The van der Waals surface area contributed by atoms with Crippen molar-refractivity contribution >= 4 is 5.97 Å². The standard InChI is InChI=1S/C11H22N2O2/c1-10(11(14)15-4)6-8-12-7-5-9-13(2)3/h6,12H,5,7-9H2,1-4H3. The molecule has 0 bridgehead atoms. The molecule has 4 heteroatoms. The molecule has 0 heterocycles. The molecule has 0 atom stereocenters. The van der Waals surface area contributed by atoms with Gasteiger partial charge in [0.1, 0.15) is 0 Å². The van der Waals surface area contributed by atoms with Crippen LogP contribution in [0.3, 0.4) is 0 Å². The van der Waals surface area contributed by atoms with Crippen molar-refractivity contribution < 1.29 is 9.53 Å². The predicted molar refractivity (Wildman–Crippen MR) is 61.8 cm³/mol. The van der Waals surface area contributed by atoms with Crippen molar-refractivity contribution in [2.24, 2.45) is 0 Å². The Morgan fingerprint density at radius 2 is 2.13 bits per heavy atom. The average Bonchev–Trinajstić information content (AvgIpc) is 2.21. The maximum atomic E-state index is 11.0. The Morgan fingerprint density at radius 1 is 1.47 bits per heavy atom. The van der Waals surface area contributed by atoms with Crippen molar-refractivity contribution in [2.45, 2.75) is 13.3 Å². The van der Waals surface area contributed by atoms with Gasteiger partial charge in [-0.25, -0.2) is 4.79 Å². The fourth-order valence-electron chi connectivity index (χ4n) is 1.09. The lowest BCUT2D eigenvalue weighted by Crippen LogP contribution is -2.21. The van der Waals surface area contributed by atoms with E-state index in [0.29, 0.717) is 12.1 Å². The highest BCUT2D eigenvalue weighted by Gasteiger charge is 2.00. The van der Waals surface area contributed by atoms with Crippen LogP contribution in [0.4, 0.5) is 0 Å². The van der Waals surface area contributed by atoms with Crippen molar-refractivity contribution in [1.29, 1.82) is 0 Å². The van der Waals surface area contributed by atoms with Gasteiger partial charge >= 0.3 is 5.97 Å². The highest BCUT2D eigenvalue weighted by atomic mass is 16.5. The number of hydrogen-bond donors (Lipinski definition) is 1. The second-order valence-corrected chi connectivity index (χ2v) is 3.74. The quantitative estimate of drug-likeness (QED) is 0.384. The fraction of sp³-hybridized carbons (Fsp3) is 0.727. The first-order valence-electron chi connectivity index (χ1n) is 5.18. The molecule has 0 aromatic carbocycles. The van der Waals surface area contributed by atoms with E-state index in [4.69, 9.17) is 0 Å². The predicted octanol–water partition coefficient (Wildman–Crippen LogP) is 0.647. The Morgan fingerprint density at radius 3 is 2.67 bits per heavy atom. The molecule has 0 rings (SSSR count). The third-order valence-electron chi connectivity index (χ3n) is 2.02. The Hall–Kier alpha value is -0.870. The third-order valence-corrected chi connectivity index (χ3v) is 2.02. The molecule has 0 saturated heterocycles. The monoisotopic (exact) mass is 214 g/mol. The van der Waals surface area contributed by atoms with E-state index >= 15 is 0 Å². The molecule has 0 aliphatic carbocycles. The Balaban J connectivity index is 3.48. The van der Waals surface area contributed by atoms with Crippen LogP contribution in [0, 0.1) is 0 Å². The lowest BCUT2D eigenvalue weighted by molar-refractivity contribution is -0.136. The van der Waals surface area contributed by atoms with Gasteiger partial charge in [0.2, 0.25) is 0 Å². The van der Waals surface area contributed by atoms with Gasteiger partial charge in [-0.2, -0.15) is 0 Å². The van der Waals surface area contributed by atoms with E-state index < -0.39 is 0 Å². The first kappa shape index (κ1) is 14.1. The van der Waals surface area contributed by atoms with Gasteiger partial charge in [0.15, 0.2) is 0 Å². The number of carbonyl (C=O) groups is 1. The van der Waals surface area contributed by atoms with Crippen LogP contribution in [-0.2, 0) is 9.53 Å². The van der Waals surface area contributed by atoms with Crippen LogP contribution in [0.25, 0.3) is 0 Å². The highest BCUT2D eigenvalue weighted by Crippen LogP contribution is 1.93. The minimum atomic E-state index is -0.259. The molecule has 15 heavy (non-hydrogen) atoms. The van der Waals surface area contributed by atoms with Gasteiger partial charge in [0, 0.05) is 12.1 Å². The van der Waals surface area contributed by atoms with Crippen molar-refractivity contribution in [3.8, 4) is 0 Å². The summed E-state index contributed by atoms with van der Waals surface area (Å²) in [5.74, 6) is -0.259. The average molecular weight is 214 g/mol. The minimum absolute atomic E-state index is 0.259. The summed E-state index contributed by atoms with van der Waals surface area (Å²) >= 11 is 0. The zero-order valence-corrected chi connectivity index (χ0v) is 10.2. The summed E-state index contributed by atoms with van der Waals surface area (Å²) in [6.07, 6.45) is 2.96. The third kappa shape index (κ3) is 8.15. The van der Waals surface area contributed by atoms with Crippen LogP contribution in [0.1, 0.15) is 13.3 Å². The lowest BCUT2D eigenvalue weighted by atomic mass is 10.3. The highest BCUT2D eigenvalue weighted by molar-refractivity contribution is 5.87. The maximum absolute atomic E-state index is 11.0. The Bertz CT molecular complexity index is 213. The van der Waals surface area contributed by atoms with Gasteiger partial charge < -0.3 is 15.0 Å². The van der Waals surface area contributed by atoms with Gasteiger partial charge in [-0.15, -0.1) is 0 Å². The van der Waals surface area contributed by atoms with Gasteiger partial charge in [0.25, 0.3) is 0 Å². The molecular formula is C11H22N2O2. The molecule has 0 unspecified atom stereocenters. The second-order valence-electron chi connectivity index (χ2n) is 3.74. The molecule has 1 N–H and O–H groups in total. The number of nitrogens with one attached hydrogen (secondary N) is 1. The lowest BCUT2D eigenvalue weighted by Gasteiger charge is -2.08. The number of esters is 1. The topological polar surface area (TPSA) is 41.6 Å². The first-order valence-corrected chi connectivity index (χ1v) is 5.18. The number of nitrogens with zero attached hydrogens (tertiary/aromatic N) is 1. The molecule has 0 aliphatic rings. The van der Waals surface area contributed by atoms with Crippen LogP contribution in [0.2, 0.25) is 0 Å². The molecule has 0 aromatic rings. The van der Waals surface area contributed by atoms with Gasteiger partial charge in [0.05, 0.1) is 7.11 Å². The van der Waals surface area contributed by atoms with E-state index in [2.05, 4.69) is 29.0 Å². The van der Waals surface area contributed by atoms with E-state index in [1.54, 1.807) is 6.92 Å². The van der Waals surface area contributed by atoms with Crippen LogP contribution < -0.4 is 5.32 Å². The van der Waals surface area contributed by atoms with Crippen molar-refractivity contribution in [1.82, 2.24) is 10.2 Å². The summed E-state index contributed by atoms with van der Waals surface area (Å²) in [4.78, 5) is 13.1. The van der Waals surface area contributed by atoms with Crippen molar-refractivity contribution in [2.75, 3.05) is 40.8 Å². The van der Waals surface area contributed by atoms with Crippen LogP contribution in [0.15, 0.2) is 11.6 Å². The molecule has 88 valence electrons. The Labute approximate surface area is 92.3 Å². The number of methoxy groups -OCH3 is 1. The SMILES string of the molecule is COC(=O)C(C)=CCNCCCN(C)C. The number of carbonyl (C=O) groups excluding carboxylic acids is 1. The van der Waals surface area contributed by atoms with Crippen molar-refractivity contribution in [3.05, 3.63) is 11.6 Å². The fourth-order valence-corrected chi connectivity index (χ4v) is 1.09. The molecule has 0 amide bonds. The van der Waals surface area contributed by atoms with Gasteiger partial charge in [-0.3, -0.25) is 0 Å². The second kappa shape index (κ2) is 8.44. The van der Waals surface area contributed by atoms with Gasteiger partial charge in [-0.05, 0) is 40.5 Å². The normalized spacial score (nSPS) is 11.9. The smallest absolute Gasteiger partial charge is 0.333 e.